The SMILES string of the molecule is CCCNC(=O)[C@@H]1C[C@H]1C1CCNCC1. The van der Waals surface area contributed by atoms with Crippen molar-refractivity contribution in [2.24, 2.45) is 17.8 Å². The van der Waals surface area contributed by atoms with Gasteiger partial charge >= 0.3 is 0 Å². The molecule has 1 aliphatic heterocycles. The van der Waals surface area contributed by atoms with E-state index in [4.69, 9.17) is 0 Å². The summed E-state index contributed by atoms with van der Waals surface area (Å²) in [7, 11) is 0. The van der Waals surface area contributed by atoms with E-state index in [1.54, 1.807) is 0 Å². The minimum atomic E-state index is 0.306. The molecule has 1 aliphatic carbocycles. The molecule has 2 fully saturated rings. The highest BCUT2D eigenvalue weighted by Gasteiger charge is 2.47. The van der Waals surface area contributed by atoms with Crippen LogP contribution >= 0.6 is 0 Å². The molecule has 0 aromatic heterocycles. The second kappa shape index (κ2) is 4.97. The van der Waals surface area contributed by atoms with E-state index >= 15 is 0 Å². The molecule has 3 nitrogen and oxygen atoms in total. The maximum Gasteiger partial charge on any atom is 0.223 e. The minimum Gasteiger partial charge on any atom is -0.356 e. The third kappa shape index (κ3) is 2.71. The maximum absolute atomic E-state index is 11.7. The Bertz CT molecular complexity index is 224. The summed E-state index contributed by atoms with van der Waals surface area (Å²) in [5, 5.41) is 6.38. The minimum absolute atomic E-state index is 0.306. The van der Waals surface area contributed by atoms with Gasteiger partial charge in [-0.3, -0.25) is 4.79 Å². The molecule has 2 aliphatic rings. The maximum atomic E-state index is 11.7. The predicted molar refractivity (Wildman–Crippen MR) is 60.5 cm³/mol. The van der Waals surface area contributed by atoms with Gasteiger partial charge in [0, 0.05) is 12.5 Å². The molecule has 1 amide bonds. The van der Waals surface area contributed by atoms with Gasteiger partial charge in [0.1, 0.15) is 0 Å². The van der Waals surface area contributed by atoms with E-state index in [-0.39, 0.29) is 0 Å². The van der Waals surface area contributed by atoms with Crippen LogP contribution in [0.5, 0.6) is 0 Å². The van der Waals surface area contributed by atoms with E-state index in [2.05, 4.69) is 17.6 Å². The molecule has 0 aromatic rings. The Kier molecular flexibility index (Phi) is 3.62. The highest BCUT2D eigenvalue weighted by atomic mass is 16.2. The quantitative estimate of drug-likeness (QED) is 0.731. The summed E-state index contributed by atoms with van der Waals surface area (Å²) in [6.07, 6.45) is 4.71. The Morgan fingerprint density at radius 1 is 1.40 bits per heavy atom. The summed E-state index contributed by atoms with van der Waals surface area (Å²) in [5.74, 6) is 2.16. The lowest BCUT2D eigenvalue weighted by Crippen LogP contribution is -2.31. The third-order valence-electron chi connectivity index (χ3n) is 3.72. The zero-order chi connectivity index (χ0) is 10.7. The number of hydrogen-bond donors (Lipinski definition) is 2. The average Bonchev–Trinajstić information content (AvgIpc) is 3.07. The van der Waals surface area contributed by atoms with Crippen LogP contribution in [-0.4, -0.2) is 25.5 Å². The number of rotatable bonds is 4. The van der Waals surface area contributed by atoms with Crippen molar-refractivity contribution in [3.05, 3.63) is 0 Å². The number of hydrogen-bond acceptors (Lipinski definition) is 2. The molecule has 2 atom stereocenters. The van der Waals surface area contributed by atoms with Crippen molar-refractivity contribution in [3.8, 4) is 0 Å². The zero-order valence-electron chi connectivity index (χ0n) is 9.59. The van der Waals surface area contributed by atoms with Crippen LogP contribution in [0.25, 0.3) is 0 Å². The Labute approximate surface area is 92.0 Å². The second-order valence-corrected chi connectivity index (χ2v) is 4.88. The lowest BCUT2D eigenvalue weighted by atomic mass is 9.92. The summed E-state index contributed by atoms with van der Waals surface area (Å²) in [5.41, 5.74) is 0. The number of carbonyl (C=O) groups excluding carboxylic acids is 1. The van der Waals surface area contributed by atoms with Crippen molar-refractivity contribution < 1.29 is 4.79 Å². The first-order valence-corrected chi connectivity index (χ1v) is 6.31. The van der Waals surface area contributed by atoms with Crippen molar-refractivity contribution in [1.82, 2.24) is 10.6 Å². The number of nitrogens with one attached hydrogen (secondary N) is 2. The largest absolute Gasteiger partial charge is 0.356 e. The fraction of sp³-hybridized carbons (Fsp3) is 0.917. The molecule has 15 heavy (non-hydrogen) atoms. The van der Waals surface area contributed by atoms with E-state index < -0.39 is 0 Å². The van der Waals surface area contributed by atoms with Gasteiger partial charge in [-0.2, -0.15) is 0 Å². The van der Waals surface area contributed by atoms with E-state index in [0.717, 1.165) is 38.4 Å². The zero-order valence-corrected chi connectivity index (χ0v) is 9.59. The van der Waals surface area contributed by atoms with Crippen LogP contribution in [0.1, 0.15) is 32.6 Å². The molecular weight excluding hydrogens is 188 g/mol. The molecule has 0 bridgehead atoms. The first kappa shape index (κ1) is 10.9. The van der Waals surface area contributed by atoms with Crippen molar-refractivity contribution in [3.63, 3.8) is 0 Å². The molecule has 0 unspecified atom stereocenters. The van der Waals surface area contributed by atoms with Gasteiger partial charge in [0.2, 0.25) is 5.91 Å². The summed E-state index contributed by atoms with van der Waals surface area (Å²) in [6, 6.07) is 0. The first-order valence-electron chi connectivity index (χ1n) is 6.31. The first-order chi connectivity index (χ1) is 7.33. The highest BCUT2D eigenvalue weighted by Crippen LogP contribution is 2.47. The van der Waals surface area contributed by atoms with Crippen molar-refractivity contribution in [2.45, 2.75) is 32.6 Å². The number of amides is 1. The summed E-state index contributed by atoms with van der Waals surface area (Å²) < 4.78 is 0. The van der Waals surface area contributed by atoms with E-state index in [1.165, 1.54) is 12.8 Å². The van der Waals surface area contributed by atoms with Crippen molar-refractivity contribution in [2.75, 3.05) is 19.6 Å². The summed E-state index contributed by atoms with van der Waals surface area (Å²) >= 11 is 0. The molecule has 0 aromatic carbocycles. The molecular formula is C12H22N2O. The number of piperidine rings is 1. The van der Waals surface area contributed by atoms with Crippen LogP contribution in [0.2, 0.25) is 0 Å². The van der Waals surface area contributed by atoms with Gasteiger partial charge in [-0.15, -0.1) is 0 Å². The predicted octanol–water partition coefficient (Wildman–Crippen LogP) is 1.15. The molecule has 0 spiro atoms. The smallest absolute Gasteiger partial charge is 0.223 e. The van der Waals surface area contributed by atoms with Crippen LogP contribution in [0.15, 0.2) is 0 Å². The van der Waals surface area contributed by atoms with Crippen molar-refractivity contribution in [1.29, 1.82) is 0 Å². The van der Waals surface area contributed by atoms with Gasteiger partial charge in [-0.05, 0) is 50.6 Å². The normalized spacial score (nSPS) is 31.3. The molecule has 1 saturated heterocycles. The highest BCUT2D eigenvalue weighted by molar-refractivity contribution is 5.81. The molecule has 2 N–H and O–H groups in total. The van der Waals surface area contributed by atoms with Crippen molar-refractivity contribution >= 4 is 5.91 Å². The fourth-order valence-electron chi connectivity index (χ4n) is 2.69. The topological polar surface area (TPSA) is 41.1 Å². The van der Waals surface area contributed by atoms with E-state index in [0.29, 0.717) is 17.7 Å². The fourth-order valence-corrected chi connectivity index (χ4v) is 2.69. The van der Waals surface area contributed by atoms with Gasteiger partial charge in [0.05, 0.1) is 0 Å². The van der Waals surface area contributed by atoms with E-state index in [1.807, 2.05) is 0 Å². The molecule has 1 heterocycles. The van der Waals surface area contributed by atoms with Gasteiger partial charge in [0.25, 0.3) is 0 Å². The van der Waals surface area contributed by atoms with Crippen LogP contribution in [0, 0.1) is 17.8 Å². The van der Waals surface area contributed by atoms with Crippen LogP contribution in [0.4, 0.5) is 0 Å². The Hall–Kier alpha value is -0.570. The lowest BCUT2D eigenvalue weighted by molar-refractivity contribution is -0.122. The monoisotopic (exact) mass is 210 g/mol. The second-order valence-electron chi connectivity index (χ2n) is 4.88. The van der Waals surface area contributed by atoms with Gasteiger partial charge in [-0.25, -0.2) is 0 Å². The molecule has 0 radical (unpaired) electrons. The molecule has 2 rings (SSSR count). The summed E-state index contributed by atoms with van der Waals surface area (Å²) in [6.45, 7) is 5.22. The summed E-state index contributed by atoms with van der Waals surface area (Å²) in [4.78, 5) is 11.7. The standard InChI is InChI=1S/C12H22N2O/c1-2-5-14-12(15)11-8-10(11)9-3-6-13-7-4-9/h9-11,13H,2-8H2,1H3,(H,14,15)/t10-,11+/m0/s1. The number of carbonyl (C=O) groups is 1. The Balaban J connectivity index is 1.72. The van der Waals surface area contributed by atoms with Crippen LogP contribution in [0.3, 0.4) is 0 Å². The average molecular weight is 210 g/mol. The van der Waals surface area contributed by atoms with Gasteiger partial charge in [-0.1, -0.05) is 6.92 Å². The molecule has 1 saturated carbocycles. The Morgan fingerprint density at radius 2 is 2.13 bits per heavy atom. The van der Waals surface area contributed by atoms with Crippen LogP contribution in [-0.2, 0) is 4.79 Å². The molecule has 86 valence electrons. The van der Waals surface area contributed by atoms with Gasteiger partial charge < -0.3 is 10.6 Å². The lowest BCUT2D eigenvalue weighted by Gasteiger charge is -2.22. The molecule has 3 heteroatoms. The van der Waals surface area contributed by atoms with E-state index in [9.17, 15) is 4.79 Å². The Morgan fingerprint density at radius 3 is 2.80 bits per heavy atom. The third-order valence-corrected chi connectivity index (χ3v) is 3.72. The van der Waals surface area contributed by atoms with Gasteiger partial charge in [0.15, 0.2) is 0 Å². The van der Waals surface area contributed by atoms with Crippen LogP contribution < -0.4 is 10.6 Å².